The zero-order valence-corrected chi connectivity index (χ0v) is 15.6. The highest BCUT2D eigenvalue weighted by Crippen LogP contribution is 2.28. The third-order valence-corrected chi connectivity index (χ3v) is 5.28. The van der Waals surface area contributed by atoms with E-state index >= 15 is 0 Å². The molecule has 0 atom stereocenters. The van der Waals surface area contributed by atoms with E-state index in [-0.39, 0.29) is 0 Å². The van der Waals surface area contributed by atoms with Crippen LogP contribution in [0.1, 0.15) is 25.7 Å². The van der Waals surface area contributed by atoms with Crippen LogP contribution in [0.2, 0.25) is 0 Å². The largest absolute Gasteiger partial charge is 0.379 e. The van der Waals surface area contributed by atoms with E-state index in [2.05, 4.69) is 20.1 Å². The van der Waals surface area contributed by atoms with Crippen LogP contribution >= 0.6 is 0 Å². The normalized spacial score (nSPS) is 22.5. The quantitative estimate of drug-likeness (QED) is 0.404. The molecule has 7 heteroatoms. The van der Waals surface area contributed by atoms with E-state index in [1.54, 1.807) is 0 Å². The van der Waals surface area contributed by atoms with Crippen LogP contribution in [0.3, 0.4) is 0 Å². The standard InChI is InChI=1S/C18H33N5O2/c1-19-18(20-6-13-25-15-16-4-5-16)23-11-9-21(10-12-23)14-17(24)22-7-2-3-8-22/h16H,2-15H2,1H3,(H,19,20). The van der Waals surface area contributed by atoms with Crippen LogP contribution in [0, 0.1) is 5.92 Å². The number of rotatable bonds is 7. The van der Waals surface area contributed by atoms with Gasteiger partial charge in [-0.3, -0.25) is 14.7 Å². The topological polar surface area (TPSA) is 60.4 Å². The van der Waals surface area contributed by atoms with Gasteiger partial charge >= 0.3 is 0 Å². The Labute approximate surface area is 151 Å². The van der Waals surface area contributed by atoms with Gasteiger partial charge in [0.2, 0.25) is 5.91 Å². The molecule has 3 aliphatic rings. The van der Waals surface area contributed by atoms with Crippen LogP contribution in [-0.4, -0.2) is 99.2 Å². The third-order valence-electron chi connectivity index (χ3n) is 5.28. The van der Waals surface area contributed by atoms with Crippen molar-refractivity contribution >= 4 is 11.9 Å². The van der Waals surface area contributed by atoms with Crippen molar-refractivity contribution in [3.05, 3.63) is 0 Å². The summed E-state index contributed by atoms with van der Waals surface area (Å²) in [5.74, 6) is 2.05. The summed E-state index contributed by atoms with van der Waals surface area (Å²) in [6.45, 7) is 8.55. The molecule has 0 bridgehead atoms. The minimum Gasteiger partial charge on any atom is -0.379 e. The summed E-state index contributed by atoms with van der Waals surface area (Å²) < 4.78 is 5.66. The van der Waals surface area contributed by atoms with Crippen LogP contribution in [0.5, 0.6) is 0 Å². The molecule has 0 aromatic heterocycles. The molecule has 0 aromatic rings. The Morgan fingerprint density at radius 3 is 2.44 bits per heavy atom. The van der Waals surface area contributed by atoms with Gasteiger partial charge in [0, 0.05) is 59.5 Å². The maximum Gasteiger partial charge on any atom is 0.236 e. The lowest BCUT2D eigenvalue weighted by atomic mass is 10.3. The summed E-state index contributed by atoms with van der Waals surface area (Å²) in [5.41, 5.74) is 0. The Balaban J connectivity index is 1.31. The number of aliphatic imine (C=N–C) groups is 1. The number of hydrogen-bond donors (Lipinski definition) is 1. The molecule has 1 N–H and O–H groups in total. The number of piperazine rings is 1. The summed E-state index contributed by atoms with van der Waals surface area (Å²) in [7, 11) is 1.83. The minimum atomic E-state index is 0.293. The number of carbonyl (C=O) groups is 1. The van der Waals surface area contributed by atoms with Crippen molar-refractivity contribution < 1.29 is 9.53 Å². The van der Waals surface area contributed by atoms with Crippen molar-refractivity contribution in [2.45, 2.75) is 25.7 Å². The molecule has 1 amide bonds. The summed E-state index contributed by atoms with van der Waals surface area (Å²) in [5, 5.41) is 3.39. The maximum atomic E-state index is 12.3. The number of carbonyl (C=O) groups excluding carboxylic acids is 1. The Hall–Kier alpha value is -1.34. The molecule has 2 saturated heterocycles. The first kappa shape index (κ1) is 18.5. The number of ether oxygens (including phenoxy) is 1. The number of likely N-dealkylation sites (tertiary alicyclic amines) is 1. The van der Waals surface area contributed by atoms with Gasteiger partial charge in [-0.25, -0.2) is 0 Å². The fourth-order valence-corrected chi connectivity index (χ4v) is 3.48. The number of amides is 1. The van der Waals surface area contributed by atoms with Gasteiger partial charge in [0.05, 0.1) is 13.2 Å². The summed E-state index contributed by atoms with van der Waals surface area (Å²) in [6, 6.07) is 0. The molecule has 142 valence electrons. The Morgan fingerprint density at radius 1 is 1.08 bits per heavy atom. The van der Waals surface area contributed by atoms with Crippen molar-refractivity contribution in [3.8, 4) is 0 Å². The molecule has 1 aliphatic carbocycles. The zero-order chi connectivity index (χ0) is 17.5. The van der Waals surface area contributed by atoms with Crippen molar-refractivity contribution in [2.24, 2.45) is 10.9 Å². The molecule has 2 heterocycles. The lowest BCUT2D eigenvalue weighted by molar-refractivity contribution is -0.131. The summed E-state index contributed by atoms with van der Waals surface area (Å²) >= 11 is 0. The second kappa shape index (κ2) is 9.38. The van der Waals surface area contributed by atoms with Gasteiger partial charge in [0.25, 0.3) is 0 Å². The summed E-state index contributed by atoms with van der Waals surface area (Å²) in [6.07, 6.45) is 4.98. The fraction of sp³-hybridized carbons (Fsp3) is 0.889. The van der Waals surface area contributed by atoms with Crippen molar-refractivity contribution in [1.82, 2.24) is 20.0 Å². The van der Waals surface area contributed by atoms with Gasteiger partial charge in [-0.15, -0.1) is 0 Å². The van der Waals surface area contributed by atoms with Crippen LogP contribution in [0.25, 0.3) is 0 Å². The molecule has 2 aliphatic heterocycles. The van der Waals surface area contributed by atoms with Crippen molar-refractivity contribution in [1.29, 1.82) is 0 Å². The van der Waals surface area contributed by atoms with Crippen LogP contribution in [0.15, 0.2) is 4.99 Å². The van der Waals surface area contributed by atoms with E-state index < -0.39 is 0 Å². The minimum absolute atomic E-state index is 0.293. The molecular weight excluding hydrogens is 318 g/mol. The molecule has 0 aromatic carbocycles. The number of hydrogen-bond acceptors (Lipinski definition) is 4. The Kier molecular flexibility index (Phi) is 6.93. The highest BCUT2D eigenvalue weighted by atomic mass is 16.5. The fourth-order valence-electron chi connectivity index (χ4n) is 3.48. The molecule has 3 rings (SSSR count). The highest BCUT2D eigenvalue weighted by Gasteiger charge is 2.24. The lowest BCUT2D eigenvalue weighted by Crippen LogP contribution is -2.54. The Morgan fingerprint density at radius 2 is 1.80 bits per heavy atom. The highest BCUT2D eigenvalue weighted by molar-refractivity contribution is 5.80. The first-order valence-electron chi connectivity index (χ1n) is 9.79. The predicted molar refractivity (Wildman–Crippen MR) is 98.7 cm³/mol. The van der Waals surface area contributed by atoms with Crippen LogP contribution < -0.4 is 5.32 Å². The average molecular weight is 351 g/mol. The second-order valence-corrected chi connectivity index (χ2v) is 7.34. The van der Waals surface area contributed by atoms with E-state index in [1.807, 2.05) is 11.9 Å². The maximum absolute atomic E-state index is 12.3. The first-order chi connectivity index (χ1) is 12.3. The van der Waals surface area contributed by atoms with E-state index in [0.29, 0.717) is 12.5 Å². The zero-order valence-electron chi connectivity index (χ0n) is 15.6. The SMILES string of the molecule is CN=C(NCCOCC1CC1)N1CCN(CC(=O)N2CCCC2)CC1. The van der Waals surface area contributed by atoms with Gasteiger partial charge in [0.15, 0.2) is 5.96 Å². The number of nitrogens with one attached hydrogen (secondary N) is 1. The van der Waals surface area contributed by atoms with E-state index in [4.69, 9.17) is 4.74 Å². The van der Waals surface area contributed by atoms with Gasteiger partial charge in [-0.05, 0) is 31.6 Å². The number of nitrogens with zero attached hydrogens (tertiary/aromatic N) is 4. The number of guanidine groups is 1. The van der Waals surface area contributed by atoms with E-state index in [9.17, 15) is 4.79 Å². The van der Waals surface area contributed by atoms with Crippen LogP contribution in [0.4, 0.5) is 0 Å². The van der Waals surface area contributed by atoms with Crippen LogP contribution in [-0.2, 0) is 9.53 Å². The van der Waals surface area contributed by atoms with Gasteiger partial charge in [0.1, 0.15) is 0 Å². The smallest absolute Gasteiger partial charge is 0.236 e. The van der Waals surface area contributed by atoms with E-state index in [0.717, 1.165) is 83.7 Å². The molecule has 0 unspecified atom stereocenters. The third kappa shape index (κ3) is 5.85. The van der Waals surface area contributed by atoms with Crippen molar-refractivity contribution in [3.63, 3.8) is 0 Å². The average Bonchev–Trinajstić information content (AvgIpc) is 3.29. The predicted octanol–water partition coefficient (Wildman–Crippen LogP) is 0.228. The first-order valence-corrected chi connectivity index (χ1v) is 9.79. The molecule has 7 nitrogen and oxygen atoms in total. The summed E-state index contributed by atoms with van der Waals surface area (Å²) in [4.78, 5) is 23.2. The molecule has 25 heavy (non-hydrogen) atoms. The van der Waals surface area contributed by atoms with Crippen molar-refractivity contribution in [2.75, 3.05) is 72.6 Å². The Bertz CT molecular complexity index is 452. The monoisotopic (exact) mass is 351 g/mol. The molecule has 0 radical (unpaired) electrons. The van der Waals surface area contributed by atoms with Gasteiger partial charge in [-0.1, -0.05) is 0 Å². The lowest BCUT2D eigenvalue weighted by Gasteiger charge is -2.36. The molecule has 1 saturated carbocycles. The molecular formula is C18H33N5O2. The molecule has 3 fully saturated rings. The molecule has 0 spiro atoms. The van der Waals surface area contributed by atoms with Gasteiger partial charge in [-0.2, -0.15) is 0 Å². The second-order valence-electron chi connectivity index (χ2n) is 7.34. The van der Waals surface area contributed by atoms with E-state index in [1.165, 1.54) is 12.8 Å². The van der Waals surface area contributed by atoms with Gasteiger partial charge < -0.3 is 19.9 Å².